The largest absolute Gasteiger partial charge is 0.204 e. The molecule has 136 valence electrons. The van der Waals surface area contributed by atoms with Crippen LogP contribution in [0.25, 0.3) is 0 Å². The molecule has 0 bridgehead atoms. The third kappa shape index (κ3) is 5.04. The number of benzene rings is 1. The van der Waals surface area contributed by atoms with Gasteiger partial charge in [0.1, 0.15) is 0 Å². The van der Waals surface area contributed by atoms with Gasteiger partial charge in [0.05, 0.1) is 0 Å². The minimum atomic E-state index is -0.703. The Balaban J connectivity index is 1.85. The highest BCUT2D eigenvalue weighted by molar-refractivity contribution is 5.23. The van der Waals surface area contributed by atoms with Crippen LogP contribution in [-0.2, 0) is 0 Å². The van der Waals surface area contributed by atoms with E-state index >= 15 is 0 Å². The molecule has 2 atom stereocenters. The Morgan fingerprint density at radius 2 is 1.71 bits per heavy atom. The quantitative estimate of drug-likeness (QED) is 0.461. The summed E-state index contributed by atoms with van der Waals surface area (Å²) < 4.78 is 27.5. The van der Waals surface area contributed by atoms with E-state index in [9.17, 15) is 8.78 Å². The first-order valence-corrected chi connectivity index (χ1v) is 10.0. The zero-order chi connectivity index (χ0) is 17.5. The predicted octanol–water partition coefficient (Wildman–Crippen LogP) is 7.48. The van der Waals surface area contributed by atoms with Crippen LogP contribution >= 0.6 is 0 Å². The molecule has 0 radical (unpaired) electrons. The Morgan fingerprint density at radius 1 is 1.00 bits per heavy atom. The third-order valence-corrected chi connectivity index (χ3v) is 6.35. The Kier molecular flexibility index (Phi) is 7.71. The molecule has 0 aliphatic heterocycles. The van der Waals surface area contributed by atoms with E-state index in [1.807, 2.05) is 0 Å². The SMILES string of the molecule is CCC(C)CCCC(CC)C1CCC(c2cccc(F)c2F)CC1. The summed E-state index contributed by atoms with van der Waals surface area (Å²) in [5.41, 5.74) is 0.596. The highest BCUT2D eigenvalue weighted by Crippen LogP contribution is 2.41. The molecule has 1 fully saturated rings. The molecule has 1 aliphatic rings. The number of hydrogen-bond acceptors (Lipinski definition) is 0. The second kappa shape index (κ2) is 9.53. The van der Waals surface area contributed by atoms with E-state index in [2.05, 4.69) is 20.8 Å². The number of halogens is 2. The van der Waals surface area contributed by atoms with Gasteiger partial charge in [0.25, 0.3) is 0 Å². The second-order valence-electron chi connectivity index (χ2n) is 7.87. The van der Waals surface area contributed by atoms with Crippen molar-refractivity contribution >= 4 is 0 Å². The summed E-state index contributed by atoms with van der Waals surface area (Å²) in [6, 6.07) is 4.63. The third-order valence-electron chi connectivity index (χ3n) is 6.35. The van der Waals surface area contributed by atoms with Crippen molar-refractivity contribution in [2.24, 2.45) is 17.8 Å². The lowest BCUT2D eigenvalue weighted by atomic mass is 9.71. The lowest BCUT2D eigenvalue weighted by Gasteiger charge is -2.34. The number of rotatable bonds is 8. The fraction of sp³-hybridized carbons (Fsp3) is 0.727. The standard InChI is InChI=1S/C22H34F2/c1-4-16(3)8-6-9-17(5-2)18-12-14-19(15-13-18)20-10-7-11-21(23)22(20)24/h7,10-11,16-19H,4-6,8-9,12-15H2,1-3H3. The van der Waals surface area contributed by atoms with E-state index in [1.165, 1.54) is 51.0 Å². The van der Waals surface area contributed by atoms with Crippen molar-refractivity contribution < 1.29 is 8.78 Å². The van der Waals surface area contributed by atoms with Gasteiger partial charge in [0, 0.05) is 0 Å². The highest BCUT2D eigenvalue weighted by Gasteiger charge is 2.29. The van der Waals surface area contributed by atoms with Gasteiger partial charge in [0.15, 0.2) is 11.6 Å². The van der Waals surface area contributed by atoms with Gasteiger partial charge in [-0.15, -0.1) is 0 Å². The molecule has 2 unspecified atom stereocenters. The summed E-state index contributed by atoms with van der Waals surface area (Å²) in [6.45, 7) is 6.93. The summed E-state index contributed by atoms with van der Waals surface area (Å²) in [5.74, 6) is 1.31. The van der Waals surface area contributed by atoms with E-state index in [-0.39, 0.29) is 5.92 Å². The summed E-state index contributed by atoms with van der Waals surface area (Å²) in [4.78, 5) is 0. The van der Waals surface area contributed by atoms with Crippen LogP contribution in [0, 0.1) is 29.4 Å². The van der Waals surface area contributed by atoms with Gasteiger partial charge in [-0.1, -0.05) is 65.0 Å². The molecule has 0 spiro atoms. The van der Waals surface area contributed by atoms with Crippen molar-refractivity contribution in [3.8, 4) is 0 Å². The number of hydrogen-bond donors (Lipinski definition) is 0. The van der Waals surface area contributed by atoms with Gasteiger partial charge in [0.2, 0.25) is 0 Å². The van der Waals surface area contributed by atoms with Gasteiger partial charge in [-0.2, -0.15) is 0 Å². The van der Waals surface area contributed by atoms with Crippen molar-refractivity contribution in [1.82, 2.24) is 0 Å². The Bertz CT molecular complexity index is 489. The topological polar surface area (TPSA) is 0 Å². The van der Waals surface area contributed by atoms with E-state index in [0.29, 0.717) is 5.56 Å². The first kappa shape index (κ1) is 19.4. The molecule has 0 heterocycles. The minimum absolute atomic E-state index is 0.203. The Hall–Kier alpha value is -0.920. The molecular weight excluding hydrogens is 302 g/mol. The lowest BCUT2D eigenvalue weighted by Crippen LogP contribution is -2.21. The Labute approximate surface area is 147 Å². The molecular formula is C22H34F2. The van der Waals surface area contributed by atoms with Gasteiger partial charge in [-0.05, 0) is 61.0 Å². The zero-order valence-corrected chi connectivity index (χ0v) is 15.7. The molecule has 0 nitrogen and oxygen atoms in total. The molecule has 24 heavy (non-hydrogen) atoms. The minimum Gasteiger partial charge on any atom is -0.204 e. The highest BCUT2D eigenvalue weighted by atomic mass is 19.2. The average Bonchev–Trinajstić information content (AvgIpc) is 2.61. The van der Waals surface area contributed by atoms with Gasteiger partial charge in [-0.3, -0.25) is 0 Å². The summed E-state index contributed by atoms with van der Waals surface area (Å²) >= 11 is 0. The van der Waals surface area contributed by atoms with Crippen molar-refractivity contribution in [3.05, 3.63) is 35.4 Å². The maximum Gasteiger partial charge on any atom is 0.162 e. The van der Waals surface area contributed by atoms with Crippen molar-refractivity contribution in [1.29, 1.82) is 0 Å². The Morgan fingerprint density at radius 3 is 2.33 bits per heavy atom. The van der Waals surface area contributed by atoms with Crippen LogP contribution in [0.3, 0.4) is 0 Å². The van der Waals surface area contributed by atoms with Gasteiger partial charge in [-0.25, -0.2) is 8.78 Å². The predicted molar refractivity (Wildman–Crippen MR) is 98.1 cm³/mol. The fourth-order valence-corrected chi connectivity index (χ4v) is 4.44. The van der Waals surface area contributed by atoms with Crippen LogP contribution < -0.4 is 0 Å². The van der Waals surface area contributed by atoms with Crippen molar-refractivity contribution in [2.45, 2.75) is 84.5 Å². The molecule has 1 saturated carbocycles. The molecule has 2 heteroatoms. The van der Waals surface area contributed by atoms with Crippen LogP contribution in [0.2, 0.25) is 0 Å². The molecule has 1 aromatic rings. The van der Waals surface area contributed by atoms with Gasteiger partial charge >= 0.3 is 0 Å². The van der Waals surface area contributed by atoms with E-state index < -0.39 is 11.6 Å². The summed E-state index contributed by atoms with van der Waals surface area (Å²) in [6.07, 6.45) is 10.9. The molecule has 2 rings (SSSR count). The molecule has 1 aromatic carbocycles. The normalized spacial score (nSPS) is 23.9. The van der Waals surface area contributed by atoms with E-state index in [1.54, 1.807) is 12.1 Å². The molecule has 0 N–H and O–H groups in total. The fourth-order valence-electron chi connectivity index (χ4n) is 4.44. The second-order valence-corrected chi connectivity index (χ2v) is 7.87. The molecule has 0 saturated heterocycles. The molecule has 0 amide bonds. The van der Waals surface area contributed by atoms with Crippen LogP contribution in [-0.4, -0.2) is 0 Å². The zero-order valence-electron chi connectivity index (χ0n) is 15.7. The van der Waals surface area contributed by atoms with Crippen LogP contribution in [0.15, 0.2) is 18.2 Å². The van der Waals surface area contributed by atoms with Crippen LogP contribution in [0.5, 0.6) is 0 Å². The average molecular weight is 337 g/mol. The summed E-state index contributed by atoms with van der Waals surface area (Å²) in [7, 11) is 0. The lowest BCUT2D eigenvalue weighted by molar-refractivity contribution is 0.208. The molecule has 0 aromatic heterocycles. The van der Waals surface area contributed by atoms with Crippen LogP contribution in [0.1, 0.15) is 90.0 Å². The summed E-state index contributed by atoms with van der Waals surface area (Å²) in [5, 5.41) is 0. The van der Waals surface area contributed by atoms with Crippen molar-refractivity contribution in [2.75, 3.05) is 0 Å². The van der Waals surface area contributed by atoms with Crippen LogP contribution in [0.4, 0.5) is 8.78 Å². The van der Waals surface area contributed by atoms with Gasteiger partial charge < -0.3 is 0 Å². The first-order valence-electron chi connectivity index (χ1n) is 10.0. The van der Waals surface area contributed by atoms with E-state index in [0.717, 1.165) is 30.6 Å². The first-order chi connectivity index (χ1) is 11.6. The van der Waals surface area contributed by atoms with Crippen molar-refractivity contribution in [3.63, 3.8) is 0 Å². The molecule has 1 aliphatic carbocycles. The maximum absolute atomic E-state index is 14.0. The van der Waals surface area contributed by atoms with E-state index in [4.69, 9.17) is 0 Å². The smallest absolute Gasteiger partial charge is 0.162 e. The monoisotopic (exact) mass is 336 g/mol. The maximum atomic E-state index is 14.0.